The van der Waals surface area contributed by atoms with Gasteiger partial charge in [-0.2, -0.15) is 0 Å². The van der Waals surface area contributed by atoms with Crippen LogP contribution in [0.3, 0.4) is 0 Å². The second-order valence-corrected chi connectivity index (χ2v) is 5.63. The van der Waals surface area contributed by atoms with Gasteiger partial charge in [-0.3, -0.25) is 9.59 Å². The van der Waals surface area contributed by atoms with Crippen molar-refractivity contribution in [2.45, 2.75) is 39.5 Å². The fourth-order valence-corrected chi connectivity index (χ4v) is 2.32. The molecular formula is C15H18O3. The number of hydrogen-bond acceptors (Lipinski definition) is 2. The molecule has 1 N–H and O–H groups in total. The van der Waals surface area contributed by atoms with E-state index in [-0.39, 0.29) is 12.2 Å². The molecule has 0 radical (unpaired) electrons. The second kappa shape index (κ2) is 4.56. The topological polar surface area (TPSA) is 54.4 Å². The molecule has 0 saturated carbocycles. The molecule has 0 aromatic heterocycles. The predicted octanol–water partition coefficient (Wildman–Crippen LogP) is 2.86. The first-order chi connectivity index (χ1) is 8.40. The lowest BCUT2D eigenvalue weighted by atomic mass is 9.85. The Morgan fingerprint density at radius 1 is 1.22 bits per heavy atom. The van der Waals surface area contributed by atoms with Gasteiger partial charge in [0.25, 0.3) is 0 Å². The van der Waals surface area contributed by atoms with Crippen molar-refractivity contribution < 1.29 is 14.7 Å². The van der Waals surface area contributed by atoms with Crippen LogP contribution in [0, 0.1) is 5.41 Å². The summed E-state index contributed by atoms with van der Waals surface area (Å²) < 4.78 is 0. The third kappa shape index (κ3) is 2.45. The van der Waals surface area contributed by atoms with E-state index in [4.69, 9.17) is 5.11 Å². The molecule has 18 heavy (non-hydrogen) atoms. The van der Waals surface area contributed by atoms with Gasteiger partial charge in [-0.05, 0) is 50.3 Å². The average Bonchev–Trinajstić information content (AvgIpc) is 2.74. The van der Waals surface area contributed by atoms with Crippen LogP contribution in [0.15, 0.2) is 18.2 Å². The lowest BCUT2D eigenvalue weighted by molar-refractivity contribution is -0.146. The summed E-state index contributed by atoms with van der Waals surface area (Å²) in [6, 6.07) is 5.76. The standard InChI is InChI=1S/C15H18O3/c1-15(2,14(17)18)9-13(16)12-7-6-10-4-3-5-11(10)8-12/h6-8H,3-5,9H2,1-2H3,(H,17,18). The average molecular weight is 246 g/mol. The van der Waals surface area contributed by atoms with Gasteiger partial charge < -0.3 is 5.11 Å². The van der Waals surface area contributed by atoms with E-state index in [0.29, 0.717) is 5.56 Å². The van der Waals surface area contributed by atoms with Crippen LogP contribution in [-0.2, 0) is 17.6 Å². The number of benzene rings is 1. The minimum absolute atomic E-state index is 0.0428. The molecule has 1 aliphatic rings. The third-order valence-electron chi connectivity index (χ3n) is 3.60. The van der Waals surface area contributed by atoms with Crippen LogP contribution in [0.5, 0.6) is 0 Å². The van der Waals surface area contributed by atoms with Gasteiger partial charge in [0.1, 0.15) is 0 Å². The zero-order chi connectivity index (χ0) is 13.3. The maximum Gasteiger partial charge on any atom is 0.309 e. The van der Waals surface area contributed by atoms with E-state index in [1.807, 2.05) is 18.2 Å². The van der Waals surface area contributed by atoms with Gasteiger partial charge >= 0.3 is 5.97 Å². The number of aliphatic carboxylic acids is 1. The molecule has 96 valence electrons. The SMILES string of the molecule is CC(C)(CC(=O)c1ccc2c(c1)CCC2)C(=O)O. The Labute approximate surface area is 107 Å². The van der Waals surface area contributed by atoms with Crippen molar-refractivity contribution >= 4 is 11.8 Å². The summed E-state index contributed by atoms with van der Waals surface area (Å²) in [4.78, 5) is 23.1. The van der Waals surface area contributed by atoms with Crippen molar-refractivity contribution in [1.82, 2.24) is 0 Å². The van der Waals surface area contributed by atoms with Gasteiger partial charge in [0.15, 0.2) is 5.78 Å². The summed E-state index contributed by atoms with van der Waals surface area (Å²) in [5, 5.41) is 9.04. The first-order valence-corrected chi connectivity index (χ1v) is 6.28. The Morgan fingerprint density at radius 3 is 2.56 bits per heavy atom. The summed E-state index contributed by atoms with van der Waals surface area (Å²) in [5.41, 5.74) is 2.21. The molecule has 0 fully saturated rings. The van der Waals surface area contributed by atoms with Crippen molar-refractivity contribution in [2.75, 3.05) is 0 Å². The fraction of sp³-hybridized carbons (Fsp3) is 0.467. The van der Waals surface area contributed by atoms with E-state index in [1.54, 1.807) is 13.8 Å². The minimum Gasteiger partial charge on any atom is -0.481 e. The Kier molecular flexibility index (Phi) is 3.24. The summed E-state index contributed by atoms with van der Waals surface area (Å²) in [7, 11) is 0. The quantitative estimate of drug-likeness (QED) is 0.831. The molecule has 0 aliphatic heterocycles. The fourth-order valence-electron chi connectivity index (χ4n) is 2.32. The maximum atomic E-state index is 12.1. The smallest absolute Gasteiger partial charge is 0.309 e. The molecule has 0 amide bonds. The maximum absolute atomic E-state index is 12.1. The molecule has 3 heteroatoms. The number of carboxylic acids is 1. The minimum atomic E-state index is -1.00. The molecule has 0 saturated heterocycles. The largest absolute Gasteiger partial charge is 0.481 e. The third-order valence-corrected chi connectivity index (χ3v) is 3.60. The first-order valence-electron chi connectivity index (χ1n) is 6.28. The van der Waals surface area contributed by atoms with Crippen LogP contribution in [-0.4, -0.2) is 16.9 Å². The zero-order valence-electron chi connectivity index (χ0n) is 10.8. The number of hydrogen-bond donors (Lipinski definition) is 1. The van der Waals surface area contributed by atoms with E-state index in [0.717, 1.165) is 19.3 Å². The molecule has 0 bridgehead atoms. The van der Waals surface area contributed by atoms with Gasteiger partial charge in [0.2, 0.25) is 0 Å². The van der Waals surface area contributed by atoms with Crippen LogP contribution in [0.4, 0.5) is 0 Å². The number of Topliss-reactive ketones (excluding diaryl/α,β-unsaturated/α-hetero) is 1. The summed E-state index contributed by atoms with van der Waals surface area (Å²) >= 11 is 0. The van der Waals surface area contributed by atoms with Gasteiger partial charge in [-0.1, -0.05) is 12.1 Å². The number of fused-ring (bicyclic) bond motifs is 1. The Morgan fingerprint density at radius 2 is 1.89 bits per heavy atom. The highest BCUT2D eigenvalue weighted by Crippen LogP contribution is 2.26. The molecule has 0 spiro atoms. The Bertz CT molecular complexity index is 500. The second-order valence-electron chi connectivity index (χ2n) is 5.63. The van der Waals surface area contributed by atoms with Crippen LogP contribution in [0.1, 0.15) is 48.2 Å². The molecule has 0 unspecified atom stereocenters. The van der Waals surface area contributed by atoms with Crippen molar-refractivity contribution in [3.8, 4) is 0 Å². The molecule has 1 aromatic rings. The first kappa shape index (κ1) is 12.8. The van der Waals surface area contributed by atoms with Crippen LogP contribution >= 0.6 is 0 Å². The number of carbonyl (C=O) groups is 2. The number of aryl methyl sites for hydroxylation is 2. The highest BCUT2D eigenvalue weighted by atomic mass is 16.4. The molecule has 1 aromatic carbocycles. The molecule has 3 nitrogen and oxygen atoms in total. The summed E-state index contributed by atoms with van der Waals surface area (Å²) in [5.74, 6) is -1.02. The lowest BCUT2D eigenvalue weighted by Crippen LogP contribution is -2.27. The van der Waals surface area contributed by atoms with Crippen molar-refractivity contribution in [3.05, 3.63) is 34.9 Å². The van der Waals surface area contributed by atoms with Crippen LogP contribution in [0.2, 0.25) is 0 Å². The highest BCUT2D eigenvalue weighted by Gasteiger charge is 2.30. The number of carbonyl (C=O) groups excluding carboxylic acids is 1. The van der Waals surface area contributed by atoms with Crippen molar-refractivity contribution in [3.63, 3.8) is 0 Å². The molecule has 2 rings (SSSR count). The van der Waals surface area contributed by atoms with Gasteiger partial charge in [-0.15, -0.1) is 0 Å². The van der Waals surface area contributed by atoms with Gasteiger partial charge in [-0.25, -0.2) is 0 Å². The molecule has 1 aliphatic carbocycles. The van der Waals surface area contributed by atoms with E-state index in [1.165, 1.54) is 11.1 Å². The van der Waals surface area contributed by atoms with Crippen molar-refractivity contribution in [1.29, 1.82) is 0 Å². The van der Waals surface area contributed by atoms with E-state index in [2.05, 4.69) is 0 Å². The number of carboxylic acid groups (broad SMARTS) is 1. The Hall–Kier alpha value is -1.64. The molecule has 0 heterocycles. The van der Waals surface area contributed by atoms with Crippen molar-refractivity contribution in [2.24, 2.45) is 5.41 Å². The molecule has 0 atom stereocenters. The number of rotatable bonds is 4. The summed E-state index contributed by atoms with van der Waals surface area (Å²) in [6.45, 7) is 3.17. The highest BCUT2D eigenvalue weighted by molar-refractivity contribution is 5.99. The van der Waals surface area contributed by atoms with E-state index < -0.39 is 11.4 Å². The monoisotopic (exact) mass is 246 g/mol. The van der Waals surface area contributed by atoms with Crippen LogP contribution in [0.25, 0.3) is 0 Å². The normalized spacial score (nSPS) is 14.3. The van der Waals surface area contributed by atoms with Gasteiger partial charge in [0.05, 0.1) is 5.41 Å². The zero-order valence-corrected chi connectivity index (χ0v) is 10.8. The lowest BCUT2D eigenvalue weighted by Gasteiger charge is -2.18. The summed E-state index contributed by atoms with van der Waals surface area (Å²) in [6.07, 6.45) is 3.30. The van der Waals surface area contributed by atoms with E-state index in [9.17, 15) is 9.59 Å². The predicted molar refractivity (Wildman–Crippen MR) is 68.8 cm³/mol. The molecular weight excluding hydrogens is 228 g/mol. The Balaban J connectivity index is 2.17. The van der Waals surface area contributed by atoms with Gasteiger partial charge in [0, 0.05) is 12.0 Å². The van der Waals surface area contributed by atoms with E-state index >= 15 is 0 Å². The number of ketones is 1. The van der Waals surface area contributed by atoms with Crippen LogP contribution < -0.4 is 0 Å².